The monoisotopic (exact) mass is 179 g/mol. The first-order chi connectivity index (χ1) is 6.41. The topological polar surface area (TPSA) is 29.4 Å². The summed E-state index contributed by atoms with van der Waals surface area (Å²) in [6.45, 7) is 4.03. The Morgan fingerprint density at radius 2 is 1.92 bits per heavy atom. The molecule has 0 aliphatic heterocycles. The van der Waals surface area contributed by atoms with Crippen LogP contribution in [0.3, 0.4) is 0 Å². The van der Waals surface area contributed by atoms with Crippen molar-refractivity contribution in [3.63, 3.8) is 0 Å². The minimum absolute atomic E-state index is 0.458. The lowest BCUT2D eigenvalue weighted by molar-refractivity contribution is 0.694. The van der Waals surface area contributed by atoms with Crippen molar-refractivity contribution in [3.8, 4) is 0 Å². The highest BCUT2D eigenvalue weighted by atomic mass is 16.3. The Balaban J connectivity index is 3.14. The molecular weight excluding hydrogens is 162 g/mol. The highest BCUT2D eigenvalue weighted by molar-refractivity contribution is 5.08. The first-order valence-corrected chi connectivity index (χ1v) is 4.65. The second-order valence-electron chi connectivity index (χ2n) is 2.75. The van der Waals surface area contributed by atoms with Gasteiger partial charge in [-0.25, -0.2) is 0 Å². The Labute approximate surface area is 80.0 Å². The Bertz CT molecular complexity index is 183. The van der Waals surface area contributed by atoms with Crippen molar-refractivity contribution in [1.82, 2.24) is 0 Å². The first kappa shape index (κ1) is 11.8. The Morgan fingerprint density at radius 1 is 1.08 bits per heavy atom. The molecule has 0 atom stereocenters. The predicted octanol–water partition coefficient (Wildman–Crippen LogP) is 3.61. The smallest absolute Gasteiger partial charge is 0.0811 e. The van der Waals surface area contributed by atoms with Gasteiger partial charge in [0, 0.05) is 0 Å². The van der Waals surface area contributed by atoms with Gasteiger partial charge in [-0.15, -0.1) is 0 Å². The minimum atomic E-state index is 0.458. The SMILES string of the molecule is C=C/C=C\C=C/CCCCCN=O. The second kappa shape index (κ2) is 10.8. The lowest BCUT2D eigenvalue weighted by atomic mass is 10.2. The molecule has 0 bridgehead atoms. The van der Waals surface area contributed by atoms with Crippen molar-refractivity contribution in [3.05, 3.63) is 41.9 Å². The van der Waals surface area contributed by atoms with Gasteiger partial charge >= 0.3 is 0 Å². The van der Waals surface area contributed by atoms with E-state index in [1.54, 1.807) is 6.08 Å². The van der Waals surface area contributed by atoms with Crippen molar-refractivity contribution in [1.29, 1.82) is 0 Å². The number of nitrogens with zero attached hydrogens (tertiary/aromatic N) is 1. The summed E-state index contributed by atoms with van der Waals surface area (Å²) in [7, 11) is 0. The van der Waals surface area contributed by atoms with E-state index >= 15 is 0 Å². The molecule has 0 amide bonds. The highest BCUT2D eigenvalue weighted by Gasteiger charge is 1.85. The molecule has 0 unspecified atom stereocenters. The molecule has 0 fully saturated rings. The van der Waals surface area contributed by atoms with Crippen LogP contribution in [0.15, 0.2) is 42.1 Å². The lowest BCUT2D eigenvalue weighted by Gasteiger charge is -1.91. The van der Waals surface area contributed by atoms with Crippen molar-refractivity contribution in [2.45, 2.75) is 25.7 Å². The van der Waals surface area contributed by atoms with Crippen LogP contribution in [0.5, 0.6) is 0 Å². The summed E-state index contributed by atoms with van der Waals surface area (Å²) in [6.07, 6.45) is 13.9. The summed E-state index contributed by atoms with van der Waals surface area (Å²) < 4.78 is 0. The van der Waals surface area contributed by atoms with E-state index in [1.807, 2.05) is 18.2 Å². The summed E-state index contributed by atoms with van der Waals surface area (Å²) in [6, 6.07) is 0. The number of hydrogen-bond donors (Lipinski definition) is 0. The summed E-state index contributed by atoms with van der Waals surface area (Å²) >= 11 is 0. The summed E-state index contributed by atoms with van der Waals surface area (Å²) in [5.41, 5.74) is 0. The molecule has 2 heteroatoms. The standard InChI is InChI=1S/C11H17NO/c1-2-3-4-5-6-7-8-9-10-11-12-13/h2-6H,1,7-11H2/b4-3-,6-5-. The van der Waals surface area contributed by atoms with Crippen LogP contribution in [0, 0.1) is 4.91 Å². The zero-order valence-corrected chi connectivity index (χ0v) is 7.98. The van der Waals surface area contributed by atoms with Crippen LogP contribution >= 0.6 is 0 Å². The normalized spacial score (nSPS) is 11.1. The molecule has 0 aromatic rings. The lowest BCUT2D eigenvalue weighted by Crippen LogP contribution is -1.79. The van der Waals surface area contributed by atoms with Gasteiger partial charge < -0.3 is 0 Å². The first-order valence-electron chi connectivity index (χ1n) is 4.65. The molecule has 0 spiro atoms. The number of unbranched alkanes of at least 4 members (excludes halogenated alkanes) is 3. The van der Waals surface area contributed by atoms with Gasteiger partial charge in [0.05, 0.1) is 6.54 Å². The number of nitroso groups, excluding NO2 is 1. The fourth-order valence-corrected chi connectivity index (χ4v) is 0.933. The Kier molecular flexibility index (Phi) is 9.84. The van der Waals surface area contributed by atoms with Gasteiger partial charge in [-0.05, 0) is 19.3 Å². The largest absolute Gasteiger partial charge is 0.151 e. The van der Waals surface area contributed by atoms with Crippen molar-refractivity contribution < 1.29 is 0 Å². The maximum atomic E-state index is 9.73. The van der Waals surface area contributed by atoms with Crippen LogP contribution < -0.4 is 0 Å². The molecule has 0 aromatic carbocycles. The fraction of sp³-hybridized carbons (Fsp3) is 0.455. The molecule has 0 aromatic heterocycles. The molecule has 13 heavy (non-hydrogen) atoms. The van der Waals surface area contributed by atoms with E-state index in [2.05, 4.69) is 17.8 Å². The number of rotatable bonds is 8. The van der Waals surface area contributed by atoms with Gasteiger partial charge in [-0.2, -0.15) is 4.91 Å². The van der Waals surface area contributed by atoms with Crippen molar-refractivity contribution in [2.24, 2.45) is 5.18 Å². The molecule has 0 saturated heterocycles. The molecule has 0 heterocycles. The Hall–Kier alpha value is -1.18. The summed E-state index contributed by atoms with van der Waals surface area (Å²) in [5.74, 6) is 0. The number of hydrogen-bond acceptors (Lipinski definition) is 2. The minimum Gasteiger partial charge on any atom is -0.151 e. The average Bonchev–Trinajstić information content (AvgIpc) is 2.16. The fourth-order valence-electron chi connectivity index (χ4n) is 0.933. The number of allylic oxidation sites excluding steroid dienone is 5. The van der Waals surface area contributed by atoms with Gasteiger partial charge in [0.2, 0.25) is 0 Å². The molecule has 72 valence electrons. The van der Waals surface area contributed by atoms with Crippen LogP contribution in [0.2, 0.25) is 0 Å². The van der Waals surface area contributed by atoms with E-state index in [1.165, 1.54) is 0 Å². The van der Waals surface area contributed by atoms with E-state index in [-0.39, 0.29) is 0 Å². The summed E-state index contributed by atoms with van der Waals surface area (Å²) in [4.78, 5) is 9.73. The molecule has 0 radical (unpaired) electrons. The van der Waals surface area contributed by atoms with Crippen LogP contribution in [-0.2, 0) is 0 Å². The van der Waals surface area contributed by atoms with Crippen LogP contribution in [0.25, 0.3) is 0 Å². The molecule has 0 rings (SSSR count). The molecule has 0 N–H and O–H groups in total. The van der Waals surface area contributed by atoms with Gasteiger partial charge in [0.15, 0.2) is 0 Å². The third kappa shape index (κ3) is 10.8. The molecule has 2 nitrogen and oxygen atoms in total. The summed E-state index contributed by atoms with van der Waals surface area (Å²) in [5, 5.41) is 2.80. The van der Waals surface area contributed by atoms with Gasteiger partial charge in [0.25, 0.3) is 0 Å². The Morgan fingerprint density at radius 3 is 2.62 bits per heavy atom. The van der Waals surface area contributed by atoms with Gasteiger partial charge in [-0.1, -0.05) is 48.6 Å². The maximum absolute atomic E-state index is 9.73. The maximum Gasteiger partial charge on any atom is 0.0811 e. The molecule has 0 aliphatic carbocycles. The average molecular weight is 179 g/mol. The third-order valence-electron chi connectivity index (χ3n) is 1.61. The quantitative estimate of drug-likeness (QED) is 0.318. The zero-order valence-electron chi connectivity index (χ0n) is 7.98. The van der Waals surface area contributed by atoms with E-state index in [0.29, 0.717) is 6.54 Å². The van der Waals surface area contributed by atoms with E-state index < -0.39 is 0 Å². The van der Waals surface area contributed by atoms with E-state index in [4.69, 9.17) is 0 Å². The van der Waals surface area contributed by atoms with Crippen molar-refractivity contribution in [2.75, 3.05) is 6.54 Å². The van der Waals surface area contributed by atoms with Crippen LogP contribution in [0.1, 0.15) is 25.7 Å². The van der Waals surface area contributed by atoms with Gasteiger partial charge in [0.1, 0.15) is 0 Å². The molecule has 0 saturated carbocycles. The molecule has 0 aliphatic rings. The predicted molar refractivity (Wildman–Crippen MR) is 57.6 cm³/mol. The van der Waals surface area contributed by atoms with E-state index in [0.717, 1.165) is 25.7 Å². The molecular formula is C11H17NO. The van der Waals surface area contributed by atoms with Gasteiger partial charge in [-0.3, -0.25) is 0 Å². The van der Waals surface area contributed by atoms with Crippen LogP contribution in [-0.4, -0.2) is 6.54 Å². The van der Waals surface area contributed by atoms with E-state index in [9.17, 15) is 4.91 Å². The zero-order chi connectivity index (χ0) is 9.78. The van der Waals surface area contributed by atoms with Crippen molar-refractivity contribution >= 4 is 0 Å². The third-order valence-corrected chi connectivity index (χ3v) is 1.61. The van der Waals surface area contributed by atoms with Crippen LogP contribution in [0.4, 0.5) is 0 Å². The highest BCUT2D eigenvalue weighted by Crippen LogP contribution is 2.00. The second-order valence-corrected chi connectivity index (χ2v) is 2.75.